The number of hydrogen-bond acceptors (Lipinski definition) is 4. The van der Waals surface area contributed by atoms with Crippen LogP contribution in [0.1, 0.15) is 24.8 Å². The Hall–Kier alpha value is -2.01. The van der Waals surface area contributed by atoms with Crippen molar-refractivity contribution in [2.45, 2.75) is 38.8 Å². The van der Waals surface area contributed by atoms with E-state index in [-0.39, 0.29) is 11.7 Å². The van der Waals surface area contributed by atoms with Gasteiger partial charge in [0.25, 0.3) is 5.56 Å². The maximum atomic E-state index is 12.5. The Balaban J connectivity index is 2.06. The van der Waals surface area contributed by atoms with Gasteiger partial charge in [-0.25, -0.2) is 0 Å². The molecule has 2 heterocycles. The smallest absolute Gasteiger partial charge is 0.251 e. The molecular weight excluding hydrogens is 294 g/mol. The van der Waals surface area contributed by atoms with Gasteiger partial charge in [0.15, 0.2) is 11.5 Å². The lowest BCUT2D eigenvalue weighted by molar-refractivity contribution is 0.100. The monoisotopic (exact) mass is 317 g/mol. The second-order valence-corrected chi connectivity index (χ2v) is 5.97. The average Bonchev–Trinajstić information content (AvgIpc) is 3.06. The van der Waals surface area contributed by atoms with Crippen LogP contribution in [-0.2, 0) is 11.3 Å². The van der Waals surface area contributed by atoms with Gasteiger partial charge in [0.2, 0.25) is 0 Å². The molecule has 0 aliphatic carbocycles. The molecule has 0 spiro atoms. The first kappa shape index (κ1) is 15.9. The molecule has 5 nitrogen and oxygen atoms in total. The van der Waals surface area contributed by atoms with E-state index in [2.05, 4.69) is 0 Å². The average molecular weight is 317 g/mol. The Kier molecular flexibility index (Phi) is 4.57. The van der Waals surface area contributed by atoms with Crippen LogP contribution >= 0.6 is 0 Å². The number of aromatic nitrogens is 1. The molecule has 2 aromatic rings. The highest BCUT2D eigenvalue weighted by molar-refractivity contribution is 5.86. The second-order valence-electron chi connectivity index (χ2n) is 5.97. The minimum atomic E-state index is 0.0141. The number of pyridine rings is 1. The molecule has 0 radical (unpaired) electrons. The Morgan fingerprint density at radius 3 is 2.61 bits per heavy atom. The lowest BCUT2D eigenvalue weighted by atomic mass is 10.1. The van der Waals surface area contributed by atoms with E-state index in [1.807, 2.05) is 23.6 Å². The summed E-state index contributed by atoms with van der Waals surface area (Å²) in [5.41, 5.74) is 1.84. The molecule has 1 aliphatic heterocycles. The zero-order valence-corrected chi connectivity index (χ0v) is 13.9. The van der Waals surface area contributed by atoms with Crippen LogP contribution in [0.5, 0.6) is 11.5 Å². The van der Waals surface area contributed by atoms with Gasteiger partial charge in [-0.3, -0.25) is 4.79 Å². The number of hydrogen-bond donors (Lipinski definition) is 0. The molecule has 124 valence electrons. The largest absolute Gasteiger partial charge is 0.493 e. The summed E-state index contributed by atoms with van der Waals surface area (Å²) < 4.78 is 18.3. The van der Waals surface area contributed by atoms with Crippen LogP contribution in [0, 0.1) is 6.92 Å². The van der Waals surface area contributed by atoms with E-state index in [1.165, 1.54) is 0 Å². The summed E-state index contributed by atoms with van der Waals surface area (Å²) in [5.74, 6) is 1.31. The topological polar surface area (TPSA) is 49.7 Å². The molecule has 0 bridgehead atoms. The van der Waals surface area contributed by atoms with Crippen molar-refractivity contribution in [3.05, 3.63) is 34.1 Å². The maximum Gasteiger partial charge on any atom is 0.251 e. The first-order valence-corrected chi connectivity index (χ1v) is 8.02. The van der Waals surface area contributed by atoms with E-state index in [1.54, 1.807) is 20.3 Å². The van der Waals surface area contributed by atoms with Crippen molar-refractivity contribution in [3.63, 3.8) is 0 Å². The summed E-state index contributed by atoms with van der Waals surface area (Å²) in [4.78, 5) is 12.5. The predicted molar refractivity (Wildman–Crippen MR) is 89.6 cm³/mol. The molecule has 1 aromatic carbocycles. The van der Waals surface area contributed by atoms with Gasteiger partial charge < -0.3 is 18.8 Å². The van der Waals surface area contributed by atoms with Gasteiger partial charge in [-0.2, -0.15) is 0 Å². The van der Waals surface area contributed by atoms with E-state index >= 15 is 0 Å². The Labute approximate surface area is 135 Å². The van der Waals surface area contributed by atoms with Crippen LogP contribution in [0.25, 0.3) is 10.9 Å². The molecule has 0 saturated carbocycles. The van der Waals surface area contributed by atoms with E-state index in [0.717, 1.165) is 42.3 Å². The van der Waals surface area contributed by atoms with Crippen LogP contribution in [0.4, 0.5) is 0 Å². The standard InChI is InChI=1S/C18H23NO4/c1-12-9-18(20)19(7-6-13-5-4-8-23-13)15-11-17(22-3)16(21-2)10-14(12)15/h9-11,13H,4-8H2,1-3H3. The fourth-order valence-corrected chi connectivity index (χ4v) is 3.24. The molecule has 1 atom stereocenters. The fourth-order valence-electron chi connectivity index (χ4n) is 3.24. The zero-order valence-electron chi connectivity index (χ0n) is 13.9. The highest BCUT2D eigenvalue weighted by atomic mass is 16.5. The number of methoxy groups -OCH3 is 2. The van der Waals surface area contributed by atoms with E-state index in [0.29, 0.717) is 18.0 Å². The quantitative estimate of drug-likeness (QED) is 0.851. The van der Waals surface area contributed by atoms with Crippen LogP contribution < -0.4 is 15.0 Å². The summed E-state index contributed by atoms with van der Waals surface area (Å²) >= 11 is 0. The number of fused-ring (bicyclic) bond motifs is 1. The SMILES string of the molecule is COc1cc2c(C)cc(=O)n(CCC3CCCO3)c2cc1OC. The van der Waals surface area contributed by atoms with Gasteiger partial charge >= 0.3 is 0 Å². The Bertz CT molecular complexity index is 760. The Morgan fingerprint density at radius 2 is 1.96 bits per heavy atom. The van der Waals surface area contributed by atoms with Gasteiger partial charge in [0.1, 0.15) is 0 Å². The summed E-state index contributed by atoms with van der Waals surface area (Å²) in [5, 5.41) is 1.01. The molecule has 0 N–H and O–H groups in total. The minimum absolute atomic E-state index is 0.0141. The first-order valence-electron chi connectivity index (χ1n) is 8.02. The lowest BCUT2D eigenvalue weighted by Crippen LogP contribution is -2.23. The summed E-state index contributed by atoms with van der Waals surface area (Å²) in [6.07, 6.45) is 3.31. The molecule has 23 heavy (non-hydrogen) atoms. The van der Waals surface area contributed by atoms with Crippen molar-refractivity contribution in [1.82, 2.24) is 4.57 Å². The van der Waals surface area contributed by atoms with Gasteiger partial charge in [-0.15, -0.1) is 0 Å². The number of benzene rings is 1. The van der Waals surface area contributed by atoms with Crippen LogP contribution in [0.15, 0.2) is 23.0 Å². The summed E-state index contributed by atoms with van der Waals surface area (Å²) in [6.45, 7) is 3.43. The molecule has 5 heteroatoms. The van der Waals surface area contributed by atoms with Crippen molar-refractivity contribution < 1.29 is 14.2 Å². The predicted octanol–water partition coefficient (Wildman–Crippen LogP) is 2.90. The van der Waals surface area contributed by atoms with Gasteiger partial charge in [-0.05, 0) is 37.8 Å². The molecule has 3 rings (SSSR count). The lowest BCUT2D eigenvalue weighted by Gasteiger charge is -2.16. The van der Waals surface area contributed by atoms with Crippen LogP contribution in [0.3, 0.4) is 0 Å². The molecule has 1 saturated heterocycles. The highest BCUT2D eigenvalue weighted by Gasteiger charge is 2.17. The highest BCUT2D eigenvalue weighted by Crippen LogP contribution is 2.33. The number of nitrogens with zero attached hydrogens (tertiary/aromatic N) is 1. The molecular formula is C18H23NO4. The third kappa shape index (κ3) is 3.06. The number of rotatable bonds is 5. The molecule has 0 amide bonds. The van der Waals surface area contributed by atoms with Crippen molar-refractivity contribution in [1.29, 1.82) is 0 Å². The number of aryl methyl sites for hydroxylation is 2. The first-order chi connectivity index (χ1) is 11.1. The van der Waals surface area contributed by atoms with E-state index in [9.17, 15) is 4.79 Å². The van der Waals surface area contributed by atoms with Gasteiger partial charge in [-0.1, -0.05) is 0 Å². The van der Waals surface area contributed by atoms with E-state index in [4.69, 9.17) is 14.2 Å². The van der Waals surface area contributed by atoms with Crippen molar-refractivity contribution >= 4 is 10.9 Å². The van der Waals surface area contributed by atoms with Crippen LogP contribution in [0.2, 0.25) is 0 Å². The third-order valence-corrected chi connectivity index (χ3v) is 4.52. The van der Waals surface area contributed by atoms with Crippen molar-refractivity contribution in [2.75, 3.05) is 20.8 Å². The summed E-state index contributed by atoms with van der Waals surface area (Å²) in [6, 6.07) is 5.51. The van der Waals surface area contributed by atoms with Crippen LogP contribution in [-0.4, -0.2) is 31.5 Å². The van der Waals surface area contributed by atoms with Crippen molar-refractivity contribution in [3.8, 4) is 11.5 Å². The summed E-state index contributed by atoms with van der Waals surface area (Å²) in [7, 11) is 3.22. The molecule has 1 fully saturated rings. The second kappa shape index (κ2) is 6.62. The molecule has 1 aromatic heterocycles. The fraction of sp³-hybridized carbons (Fsp3) is 0.500. The third-order valence-electron chi connectivity index (χ3n) is 4.52. The normalized spacial score (nSPS) is 17.6. The maximum absolute atomic E-state index is 12.5. The molecule has 1 unspecified atom stereocenters. The minimum Gasteiger partial charge on any atom is -0.493 e. The van der Waals surface area contributed by atoms with Crippen molar-refractivity contribution in [2.24, 2.45) is 0 Å². The number of ether oxygens (including phenoxy) is 3. The molecule has 1 aliphatic rings. The van der Waals surface area contributed by atoms with E-state index < -0.39 is 0 Å². The Morgan fingerprint density at radius 1 is 1.22 bits per heavy atom. The van der Waals surface area contributed by atoms with Gasteiger partial charge in [0.05, 0.1) is 25.8 Å². The zero-order chi connectivity index (χ0) is 16.4. The van der Waals surface area contributed by atoms with Gasteiger partial charge in [0, 0.05) is 30.7 Å².